The SMILES string of the molecule is CC(=O)N(c1ccccc1)c1nc(COc2ccc(C(=O)OC(C)C)cc2)cs1. The Labute approximate surface area is 173 Å². The van der Waals surface area contributed by atoms with E-state index in [-0.39, 0.29) is 24.6 Å². The molecule has 0 saturated heterocycles. The van der Waals surface area contributed by atoms with Crippen LogP contribution >= 0.6 is 11.3 Å². The summed E-state index contributed by atoms with van der Waals surface area (Å²) in [6.07, 6.45) is -0.164. The molecule has 0 N–H and O–H groups in total. The second-order valence-corrected chi connectivity index (χ2v) is 7.42. The molecule has 0 radical (unpaired) electrons. The third kappa shape index (κ3) is 5.42. The number of esters is 1. The van der Waals surface area contributed by atoms with Gasteiger partial charge in [0.15, 0.2) is 5.13 Å². The zero-order chi connectivity index (χ0) is 20.8. The Hall–Kier alpha value is -3.19. The van der Waals surface area contributed by atoms with E-state index in [0.29, 0.717) is 16.4 Å². The zero-order valence-electron chi connectivity index (χ0n) is 16.5. The molecule has 3 aromatic rings. The number of amides is 1. The summed E-state index contributed by atoms with van der Waals surface area (Å²) in [7, 11) is 0. The van der Waals surface area contributed by atoms with Crippen LogP contribution in [0.15, 0.2) is 60.0 Å². The Balaban J connectivity index is 1.64. The standard InChI is InChI=1S/C22H22N2O4S/c1-15(2)28-21(26)17-9-11-20(12-10-17)27-13-18-14-29-22(23-18)24(16(3)25)19-7-5-4-6-8-19/h4-12,14-15H,13H2,1-3H3. The van der Waals surface area contributed by atoms with E-state index in [1.54, 1.807) is 29.2 Å². The number of aromatic nitrogens is 1. The highest BCUT2D eigenvalue weighted by Gasteiger charge is 2.17. The molecule has 1 amide bonds. The lowest BCUT2D eigenvalue weighted by atomic mass is 10.2. The first-order valence-corrected chi connectivity index (χ1v) is 10.1. The zero-order valence-corrected chi connectivity index (χ0v) is 17.3. The molecule has 0 saturated carbocycles. The van der Waals surface area contributed by atoms with Crippen LogP contribution in [-0.4, -0.2) is 23.0 Å². The molecule has 2 aromatic carbocycles. The average molecular weight is 410 g/mol. The van der Waals surface area contributed by atoms with Gasteiger partial charge in [0.1, 0.15) is 12.4 Å². The van der Waals surface area contributed by atoms with Crippen molar-refractivity contribution in [3.05, 3.63) is 71.2 Å². The average Bonchev–Trinajstić information content (AvgIpc) is 3.15. The summed E-state index contributed by atoms with van der Waals surface area (Å²) < 4.78 is 10.9. The summed E-state index contributed by atoms with van der Waals surface area (Å²) in [6, 6.07) is 16.2. The van der Waals surface area contributed by atoms with Gasteiger partial charge in [-0.15, -0.1) is 11.3 Å². The van der Waals surface area contributed by atoms with E-state index < -0.39 is 0 Å². The van der Waals surface area contributed by atoms with Crippen molar-refractivity contribution < 1.29 is 19.1 Å². The van der Waals surface area contributed by atoms with Crippen molar-refractivity contribution in [2.24, 2.45) is 0 Å². The molecule has 0 aliphatic heterocycles. The van der Waals surface area contributed by atoms with Crippen molar-refractivity contribution in [2.75, 3.05) is 4.90 Å². The molecule has 1 heterocycles. The first-order valence-electron chi connectivity index (χ1n) is 9.18. The maximum Gasteiger partial charge on any atom is 0.338 e. The number of anilines is 2. The molecule has 0 aliphatic rings. The van der Waals surface area contributed by atoms with Gasteiger partial charge >= 0.3 is 5.97 Å². The molecule has 3 rings (SSSR count). The van der Waals surface area contributed by atoms with Crippen molar-refractivity contribution in [3.63, 3.8) is 0 Å². The van der Waals surface area contributed by atoms with Crippen LogP contribution in [0.5, 0.6) is 5.75 Å². The van der Waals surface area contributed by atoms with Gasteiger partial charge in [0.2, 0.25) is 5.91 Å². The molecule has 0 fully saturated rings. The molecule has 150 valence electrons. The highest BCUT2D eigenvalue weighted by molar-refractivity contribution is 7.14. The Kier molecular flexibility index (Phi) is 6.61. The van der Waals surface area contributed by atoms with Crippen molar-refractivity contribution in [2.45, 2.75) is 33.5 Å². The third-order valence-electron chi connectivity index (χ3n) is 3.88. The topological polar surface area (TPSA) is 68.7 Å². The van der Waals surface area contributed by atoms with Crippen molar-refractivity contribution in [3.8, 4) is 5.75 Å². The van der Waals surface area contributed by atoms with E-state index in [2.05, 4.69) is 4.98 Å². The highest BCUT2D eigenvalue weighted by Crippen LogP contribution is 2.29. The second-order valence-electron chi connectivity index (χ2n) is 6.58. The second kappa shape index (κ2) is 9.34. The summed E-state index contributed by atoms with van der Waals surface area (Å²) in [4.78, 5) is 30.1. The number of nitrogens with zero attached hydrogens (tertiary/aromatic N) is 2. The van der Waals surface area contributed by atoms with E-state index in [1.165, 1.54) is 18.3 Å². The van der Waals surface area contributed by atoms with Crippen LogP contribution in [-0.2, 0) is 16.1 Å². The monoisotopic (exact) mass is 410 g/mol. The molecule has 0 bridgehead atoms. The fourth-order valence-electron chi connectivity index (χ4n) is 2.60. The van der Waals surface area contributed by atoms with Gasteiger partial charge in [-0.2, -0.15) is 0 Å². The molecule has 1 aromatic heterocycles. The van der Waals surface area contributed by atoms with Gasteiger partial charge in [0, 0.05) is 12.3 Å². The lowest BCUT2D eigenvalue weighted by molar-refractivity contribution is -0.115. The van der Waals surface area contributed by atoms with E-state index in [4.69, 9.17) is 9.47 Å². The maximum atomic E-state index is 12.1. The van der Waals surface area contributed by atoms with E-state index in [0.717, 1.165) is 11.4 Å². The Morgan fingerprint density at radius 2 is 1.76 bits per heavy atom. The molecule has 7 heteroatoms. The number of ether oxygens (including phenoxy) is 2. The van der Waals surface area contributed by atoms with Gasteiger partial charge in [-0.3, -0.25) is 9.69 Å². The maximum absolute atomic E-state index is 12.1. The first-order chi connectivity index (χ1) is 13.9. The summed E-state index contributed by atoms with van der Waals surface area (Å²) in [5.41, 5.74) is 1.96. The molecular formula is C22H22N2O4S. The molecule has 29 heavy (non-hydrogen) atoms. The van der Waals surface area contributed by atoms with Crippen LogP contribution in [0.25, 0.3) is 0 Å². The van der Waals surface area contributed by atoms with Crippen molar-refractivity contribution >= 4 is 34.0 Å². The quantitative estimate of drug-likeness (QED) is 0.514. The molecule has 0 unspecified atom stereocenters. The molecule has 0 aliphatic carbocycles. The largest absolute Gasteiger partial charge is 0.487 e. The minimum atomic E-state index is -0.360. The number of benzene rings is 2. The van der Waals surface area contributed by atoms with Gasteiger partial charge in [-0.05, 0) is 50.2 Å². The van der Waals surface area contributed by atoms with Crippen LogP contribution < -0.4 is 9.64 Å². The van der Waals surface area contributed by atoms with Gasteiger partial charge in [-0.25, -0.2) is 9.78 Å². The fourth-order valence-corrected chi connectivity index (χ4v) is 3.47. The predicted molar refractivity (Wildman–Crippen MR) is 113 cm³/mol. The number of carbonyl (C=O) groups excluding carboxylic acids is 2. The fraction of sp³-hybridized carbons (Fsp3) is 0.227. The van der Waals surface area contributed by atoms with Gasteiger partial charge in [-0.1, -0.05) is 18.2 Å². The number of carbonyl (C=O) groups is 2. The predicted octanol–water partition coefficient (Wildman–Crippen LogP) is 4.97. The van der Waals surface area contributed by atoms with Crippen molar-refractivity contribution in [1.29, 1.82) is 0 Å². The molecule has 0 atom stereocenters. The number of thiazole rings is 1. The lowest BCUT2D eigenvalue weighted by Crippen LogP contribution is -2.22. The molecular weight excluding hydrogens is 388 g/mol. The molecule has 6 nitrogen and oxygen atoms in total. The van der Waals surface area contributed by atoms with Gasteiger partial charge in [0.05, 0.1) is 23.0 Å². The number of hydrogen-bond donors (Lipinski definition) is 0. The van der Waals surface area contributed by atoms with E-state index in [9.17, 15) is 9.59 Å². The van der Waals surface area contributed by atoms with Gasteiger partial charge in [0.25, 0.3) is 0 Å². The van der Waals surface area contributed by atoms with E-state index >= 15 is 0 Å². The minimum Gasteiger partial charge on any atom is -0.487 e. The van der Waals surface area contributed by atoms with Gasteiger partial charge < -0.3 is 9.47 Å². The summed E-state index contributed by atoms with van der Waals surface area (Å²) in [6.45, 7) is 5.38. The van der Waals surface area contributed by atoms with Crippen LogP contribution in [0.2, 0.25) is 0 Å². The highest BCUT2D eigenvalue weighted by atomic mass is 32.1. The van der Waals surface area contributed by atoms with Crippen LogP contribution in [0.4, 0.5) is 10.8 Å². The summed E-state index contributed by atoms with van der Waals surface area (Å²) >= 11 is 1.38. The normalized spacial score (nSPS) is 10.6. The number of rotatable bonds is 7. The Morgan fingerprint density at radius 1 is 1.07 bits per heavy atom. The summed E-state index contributed by atoms with van der Waals surface area (Å²) in [5.74, 6) is 0.148. The smallest absolute Gasteiger partial charge is 0.338 e. The molecule has 0 spiro atoms. The third-order valence-corrected chi connectivity index (χ3v) is 4.75. The van der Waals surface area contributed by atoms with Crippen LogP contribution in [0.3, 0.4) is 0 Å². The van der Waals surface area contributed by atoms with Crippen LogP contribution in [0, 0.1) is 0 Å². The lowest BCUT2D eigenvalue weighted by Gasteiger charge is -2.17. The summed E-state index contributed by atoms with van der Waals surface area (Å²) in [5, 5.41) is 2.46. The number of para-hydroxylation sites is 1. The number of hydrogen-bond acceptors (Lipinski definition) is 6. The Bertz CT molecular complexity index is 968. The van der Waals surface area contributed by atoms with Crippen LogP contribution in [0.1, 0.15) is 36.8 Å². The van der Waals surface area contributed by atoms with Crippen molar-refractivity contribution in [1.82, 2.24) is 4.98 Å². The Morgan fingerprint density at radius 3 is 2.38 bits per heavy atom. The minimum absolute atomic E-state index is 0.109. The van der Waals surface area contributed by atoms with E-state index in [1.807, 2.05) is 49.6 Å². The first kappa shape index (κ1) is 20.5.